The second-order valence-corrected chi connectivity index (χ2v) is 6.15. The minimum atomic E-state index is -0.0452. The summed E-state index contributed by atoms with van der Waals surface area (Å²) in [5, 5.41) is 2.78. The van der Waals surface area contributed by atoms with E-state index in [1.54, 1.807) is 0 Å². The lowest BCUT2D eigenvalue weighted by Gasteiger charge is -2.29. The van der Waals surface area contributed by atoms with Crippen molar-refractivity contribution in [2.24, 2.45) is 0 Å². The number of benzene rings is 1. The number of urea groups is 1. The van der Waals surface area contributed by atoms with Gasteiger partial charge >= 0.3 is 6.03 Å². The van der Waals surface area contributed by atoms with Crippen molar-refractivity contribution in [2.75, 3.05) is 6.54 Å². The number of hydrogen-bond acceptors (Lipinski definition) is 1. The average molecular weight is 258 g/mol. The van der Waals surface area contributed by atoms with Crippen LogP contribution in [-0.2, 0) is 12.0 Å². The number of rotatable bonds is 2. The lowest BCUT2D eigenvalue weighted by atomic mass is 9.87. The highest BCUT2D eigenvalue weighted by atomic mass is 16.2. The normalized spacial score (nSPS) is 16.5. The molecule has 102 valence electrons. The minimum Gasteiger partial charge on any atom is -0.320 e. The van der Waals surface area contributed by atoms with Crippen molar-refractivity contribution < 1.29 is 4.79 Å². The Hall–Kier alpha value is -1.77. The highest BCUT2D eigenvalue weighted by molar-refractivity contribution is 5.77. The zero-order chi connectivity index (χ0) is 14.0. The Kier molecular flexibility index (Phi) is 3.65. The van der Waals surface area contributed by atoms with E-state index in [1.165, 1.54) is 5.56 Å². The fourth-order valence-electron chi connectivity index (χ4n) is 2.15. The zero-order valence-electron chi connectivity index (χ0n) is 12.0. The van der Waals surface area contributed by atoms with Gasteiger partial charge in [0.05, 0.1) is 0 Å². The van der Waals surface area contributed by atoms with Crippen LogP contribution in [0.4, 0.5) is 4.79 Å². The Bertz CT molecular complexity index is 482. The van der Waals surface area contributed by atoms with Crippen molar-refractivity contribution in [1.29, 1.82) is 0 Å². The first-order chi connectivity index (χ1) is 8.86. The predicted octanol–water partition coefficient (Wildman–Crippen LogP) is 3.41. The molecule has 2 rings (SSSR count). The number of nitrogens with one attached hydrogen (secondary N) is 1. The summed E-state index contributed by atoms with van der Waals surface area (Å²) in [6.45, 7) is 11.8. The Balaban J connectivity index is 2.04. The van der Waals surface area contributed by atoms with E-state index in [-0.39, 0.29) is 11.4 Å². The van der Waals surface area contributed by atoms with Crippen LogP contribution in [0.1, 0.15) is 38.3 Å². The van der Waals surface area contributed by atoms with Crippen molar-refractivity contribution in [3.63, 3.8) is 0 Å². The van der Waals surface area contributed by atoms with Crippen LogP contribution in [0, 0.1) is 0 Å². The van der Waals surface area contributed by atoms with E-state index >= 15 is 0 Å². The molecule has 0 spiro atoms. The average Bonchev–Trinajstić information content (AvgIpc) is 2.32. The quantitative estimate of drug-likeness (QED) is 0.866. The SMILES string of the molecule is C=C1CCN(Cc2ccc(C(C)(C)C)cc2)C(=O)N1. The maximum Gasteiger partial charge on any atom is 0.321 e. The van der Waals surface area contributed by atoms with E-state index in [1.807, 2.05) is 4.90 Å². The van der Waals surface area contributed by atoms with E-state index in [4.69, 9.17) is 0 Å². The number of hydrogen-bond donors (Lipinski definition) is 1. The smallest absolute Gasteiger partial charge is 0.320 e. The maximum absolute atomic E-state index is 11.8. The molecule has 1 heterocycles. The lowest BCUT2D eigenvalue weighted by Crippen LogP contribution is -2.44. The van der Waals surface area contributed by atoms with Gasteiger partial charge in [-0.25, -0.2) is 4.79 Å². The van der Waals surface area contributed by atoms with Crippen LogP contribution in [0.15, 0.2) is 36.5 Å². The molecule has 1 aliphatic heterocycles. The van der Waals surface area contributed by atoms with E-state index in [2.05, 4.69) is 56.9 Å². The van der Waals surface area contributed by atoms with Crippen molar-refractivity contribution in [3.8, 4) is 0 Å². The van der Waals surface area contributed by atoms with Gasteiger partial charge in [0, 0.05) is 25.2 Å². The number of carbonyl (C=O) groups is 1. The molecule has 1 N–H and O–H groups in total. The molecule has 3 heteroatoms. The van der Waals surface area contributed by atoms with E-state index < -0.39 is 0 Å². The van der Waals surface area contributed by atoms with Crippen LogP contribution in [0.25, 0.3) is 0 Å². The summed E-state index contributed by atoms with van der Waals surface area (Å²) >= 11 is 0. The summed E-state index contributed by atoms with van der Waals surface area (Å²) in [7, 11) is 0. The third-order valence-corrected chi connectivity index (χ3v) is 3.45. The largest absolute Gasteiger partial charge is 0.321 e. The van der Waals surface area contributed by atoms with Gasteiger partial charge in [0.2, 0.25) is 0 Å². The van der Waals surface area contributed by atoms with Gasteiger partial charge < -0.3 is 10.2 Å². The molecule has 1 aromatic rings. The van der Waals surface area contributed by atoms with Crippen LogP contribution in [-0.4, -0.2) is 17.5 Å². The van der Waals surface area contributed by atoms with Gasteiger partial charge in [0.15, 0.2) is 0 Å². The topological polar surface area (TPSA) is 32.3 Å². The van der Waals surface area contributed by atoms with E-state index in [9.17, 15) is 4.79 Å². The summed E-state index contributed by atoms with van der Waals surface area (Å²) in [6, 6.07) is 8.47. The summed E-state index contributed by atoms with van der Waals surface area (Å²) in [5.41, 5.74) is 3.45. The molecule has 1 aromatic carbocycles. The van der Waals surface area contributed by atoms with Crippen molar-refractivity contribution in [2.45, 2.75) is 39.2 Å². The fourth-order valence-corrected chi connectivity index (χ4v) is 2.15. The molecule has 2 amide bonds. The second-order valence-electron chi connectivity index (χ2n) is 6.15. The maximum atomic E-state index is 11.8. The Morgan fingerprint density at radius 2 is 1.89 bits per heavy atom. The van der Waals surface area contributed by atoms with Gasteiger partial charge in [-0.2, -0.15) is 0 Å². The summed E-state index contributed by atoms with van der Waals surface area (Å²) in [6.07, 6.45) is 0.825. The predicted molar refractivity (Wildman–Crippen MR) is 77.8 cm³/mol. The molecule has 0 saturated carbocycles. The number of nitrogens with zero attached hydrogens (tertiary/aromatic N) is 1. The van der Waals surface area contributed by atoms with Gasteiger partial charge in [-0.3, -0.25) is 0 Å². The van der Waals surface area contributed by atoms with Gasteiger partial charge in [-0.15, -0.1) is 0 Å². The molecule has 0 radical (unpaired) electrons. The standard InChI is InChI=1S/C16H22N2O/c1-12-9-10-18(15(19)17-12)11-13-5-7-14(8-6-13)16(2,3)4/h5-8H,1,9-11H2,2-4H3,(H,17,19). The monoisotopic (exact) mass is 258 g/mol. The minimum absolute atomic E-state index is 0.0452. The van der Waals surface area contributed by atoms with Gasteiger partial charge in [0.25, 0.3) is 0 Å². The summed E-state index contributed by atoms with van der Waals surface area (Å²) < 4.78 is 0. The number of carbonyl (C=O) groups excluding carboxylic acids is 1. The van der Waals surface area contributed by atoms with Crippen molar-refractivity contribution in [3.05, 3.63) is 47.7 Å². The summed E-state index contributed by atoms with van der Waals surface area (Å²) in [5.74, 6) is 0. The van der Waals surface area contributed by atoms with Crippen LogP contribution in [0.2, 0.25) is 0 Å². The molecule has 0 bridgehead atoms. The highest BCUT2D eigenvalue weighted by Crippen LogP contribution is 2.22. The molecule has 0 atom stereocenters. The van der Waals surface area contributed by atoms with Crippen molar-refractivity contribution >= 4 is 6.03 Å². The summed E-state index contributed by atoms with van der Waals surface area (Å²) in [4.78, 5) is 13.6. The van der Waals surface area contributed by atoms with Gasteiger partial charge in [0.1, 0.15) is 0 Å². The zero-order valence-corrected chi connectivity index (χ0v) is 12.0. The molecular weight excluding hydrogens is 236 g/mol. The first kappa shape index (κ1) is 13.7. The van der Waals surface area contributed by atoms with E-state index in [0.717, 1.165) is 24.2 Å². The van der Waals surface area contributed by atoms with Crippen LogP contribution >= 0.6 is 0 Å². The van der Waals surface area contributed by atoms with E-state index in [0.29, 0.717) is 6.54 Å². The molecule has 1 saturated heterocycles. The lowest BCUT2D eigenvalue weighted by molar-refractivity contribution is 0.190. The molecule has 0 aromatic heterocycles. The van der Waals surface area contributed by atoms with Crippen LogP contribution in [0.3, 0.4) is 0 Å². The van der Waals surface area contributed by atoms with Crippen LogP contribution < -0.4 is 5.32 Å². The third-order valence-electron chi connectivity index (χ3n) is 3.45. The van der Waals surface area contributed by atoms with Gasteiger partial charge in [-0.1, -0.05) is 51.6 Å². The molecule has 1 fully saturated rings. The first-order valence-corrected chi connectivity index (χ1v) is 6.69. The molecular formula is C16H22N2O. The van der Waals surface area contributed by atoms with Crippen LogP contribution in [0.5, 0.6) is 0 Å². The molecule has 3 nitrogen and oxygen atoms in total. The second kappa shape index (κ2) is 5.08. The first-order valence-electron chi connectivity index (χ1n) is 6.69. The molecule has 1 aliphatic rings. The fraction of sp³-hybridized carbons (Fsp3) is 0.438. The highest BCUT2D eigenvalue weighted by Gasteiger charge is 2.20. The van der Waals surface area contributed by atoms with Crippen molar-refractivity contribution in [1.82, 2.24) is 10.2 Å². The Labute approximate surface area is 115 Å². The Morgan fingerprint density at radius 1 is 1.26 bits per heavy atom. The molecule has 19 heavy (non-hydrogen) atoms. The Morgan fingerprint density at radius 3 is 2.42 bits per heavy atom. The molecule has 0 unspecified atom stereocenters. The molecule has 0 aliphatic carbocycles. The van der Waals surface area contributed by atoms with Gasteiger partial charge in [-0.05, 0) is 16.5 Å². The number of amides is 2. The third kappa shape index (κ3) is 3.37.